The van der Waals surface area contributed by atoms with E-state index in [4.69, 9.17) is 0 Å². The van der Waals surface area contributed by atoms with E-state index in [9.17, 15) is 4.79 Å². The molecule has 0 aliphatic heterocycles. The minimum Gasteiger partial charge on any atom is -0.337 e. The Labute approximate surface area is 117 Å². The van der Waals surface area contributed by atoms with E-state index >= 15 is 0 Å². The molecule has 0 aliphatic rings. The molecule has 2 amide bonds. The number of hydrogen-bond acceptors (Lipinski definition) is 3. The van der Waals surface area contributed by atoms with Gasteiger partial charge in [-0.2, -0.15) is 10.2 Å². The second-order valence-electron chi connectivity index (χ2n) is 4.95. The molecule has 7 heteroatoms. The van der Waals surface area contributed by atoms with Crippen molar-refractivity contribution in [2.75, 3.05) is 11.9 Å². The van der Waals surface area contributed by atoms with Gasteiger partial charge in [-0.3, -0.25) is 15.1 Å². The molecule has 0 fully saturated rings. The predicted molar refractivity (Wildman–Crippen MR) is 76.7 cm³/mol. The highest BCUT2D eigenvalue weighted by Crippen LogP contribution is 2.13. The lowest BCUT2D eigenvalue weighted by Crippen LogP contribution is -2.30. The standard InChI is InChI=1S/C13H20N6O/c1-9(2)19-10(3)6-12(18-19)17-13(20)14-5-4-11-7-15-16-8-11/h6-9H,4-5H2,1-3H3,(H,15,16)(H2,14,17,18,20). The first-order chi connectivity index (χ1) is 9.56. The molecule has 0 saturated carbocycles. The summed E-state index contributed by atoms with van der Waals surface area (Å²) in [6.07, 6.45) is 4.30. The van der Waals surface area contributed by atoms with E-state index in [1.807, 2.05) is 23.9 Å². The maximum absolute atomic E-state index is 11.7. The molecule has 2 aromatic rings. The average Bonchev–Trinajstić information content (AvgIpc) is 2.99. The van der Waals surface area contributed by atoms with Crippen LogP contribution in [0, 0.1) is 6.92 Å². The number of anilines is 1. The van der Waals surface area contributed by atoms with Crippen molar-refractivity contribution in [3.63, 3.8) is 0 Å². The number of nitrogens with one attached hydrogen (secondary N) is 3. The van der Waals surface area contributed by atoms with Gasteiger partial charge in [0.25, 0.3) is 0 Å². The summed E-state index contributed by atoms with van der Waals surface area (Å²) in [4.78, 5) is 11.7. The van der Waals surface area contributed by atoms with Gasteiger partial charge in [-0.25, -0.2) is 4.79 Å². The number of urea groups is 1. The van der Waals surface area contributed by atoms with Gasteiger partial charge in [-0.1, -0.05) is 0 Å². The highest BCUT2D eigenvalue weighted by Gasteiger charge is 2.09. The Morgan fingerprint density at radius 3 is 2.90 bits per heavy atom. The van der Waals surface area contributed by atoms with Crippen molar-refractivity contribution in [1.29, 1.82) is 0 Å². The molecule has 0 radical (unpaired) electrons. The Kier molecular flexibility index (Phi) is 4.39. The van der Waals surface area contributed by atoms with Crippen molar-refractivity contribution < 1.29 is 4.79 Å². The maximum atomic E-state index is 11.7. The zero-order valence-electron chi connectivity index (χ0n) is 12.0. The van der Waals surface area contributed by atoms with Crippen LogP contribution in [0.4, 0.5) is 10.6 Å². The maximum Gasteiger partial charge on any atom is 0.320 e. The molecule has 0 aliphatic carbocycles. The molecule has 2 heterocycles. The molecule has 0 aromatic carbocycles. The second kappa shape index (κ2) is 6.23. The number of aromatic nitrogens is 4. The van der Waals surface area contributed by atoms with E-state index in [0.29, 0.717) is 12.4 Å². The van der Waals surface area contributed by atoms with Gasteiger partial charge >= 0.3 is 6.03 Å². The summed E-state index contributed by atoms with van der Waals surface area (Å²) >= 11 is 0. The lowest BCUT2D eigenvalue weighted by molar-refractivity contribution is 0.252. The fraction of sp³-hybridized carbons (Fsp3) is 0.462. The van der Waals surface area contributed by atoms with E-state index in [1.54, 1.807) is 6.20 Å². The van der Waals surface area contributed by atoms with Gasteiger partial charge in [0.1, 0.15) is 0 Å². The second-order valence-corrected chi connectivity index (χ2v) is 4.95. The van der Waals surface area contributed by atoms with Gasteiger partial charge in [0.2, 0.25) is 0 Å². The van der Waals surface area contributed by atoms with Gasteiger partial charge in [0.05, 0.1) is 6.20 Å². The molecule has 0 spiro atoms. The topological polar surface area (TPSA) is 87.6 Å². The summed E-state index contributed by atoms with van der Waals surface area (Å²) in [6, 6.07) is 1.88. The Morgan fingerprint density at radius 1 is 1.50 bits per heavy atom. The fourth-order valence-corrected chi connectivity index (χ4v) is 1.97. The summed E-state index contributed by atoms with van der Waals surface area (Å²) in [5.74, 6) is 0.567. The van der Waals surface area contributed by atoms with Crippen LogP contribution in [0.3, 0.4) is 0 Å². The van der Waals surface area contributed by atoms with Gasteiger partial charge in [0, 0.05) is 30.5 Å². The monoisotopic (exact) mass is 276 g/mol. The molecule has 0 saturated heterocycles. The van der Waals surface area contributed by atoms with Crippen LogP contribution in [0.1, 0.15) is 31.1 Å². The molecular weight excluding hydrogens is 256 g/mol. The lowest BCUT2D eigenvalue weighted by Gasteiger charge is -2.07. The quantitative estimate of drug-likeness (QED) is 0.779. The number of amides is 2. The molecule has 0 unspecified atom stereocenters. The van der Waals surface area contributed by atoms with Gasteiger partial charge in [-0.15, -0.1) is 0 Å². The van der Waals surface area contributed by atoms with Gasteiger partial charge < -0.3 is 5.32 Å². The number of aromatic amines is 1. The fourth-order valence-electron chi connectivity index (χ4n) is 1.97. The van der Waals surface area contributed by atoms with E-state index < -0.39 is 0 Å². The molecule has 0 atom stereocenters. The molecule has 2 aromatic heterocycles. The van der Waals surface area contributed by atoms with Gasteiger partial charge in [0.15, 0.2) is 5.82 Å². The third-order valence-electron chi connectivity index (χ3n) is 2.91. The molecule has 20 heavy (non-hydrogen) atoms. The van der Waals surface area contributed by atoms with Crippen molar-refractivity contribution >= 4 is 11.8 Å². The third kappa shape index (κ3) is 3.59. The molecule has 0 bridgehead atoms. The van der Waals surface area contributed by atoms with Crippen LogP contribution in [0.2, 0.25) is 0 Å². The Hall–Kier alpha value is -2.31. The van der Waals surface area contributed by atoms with E-state index in [2.05, 4.69) is 39.8 Å². The van der Waals surface area contributed by atoms with Crippen LogP contribution in [0.5, 0.6) is 0 Å². The van der Waals surface area contributed by atoms with Crippen molar-refractivity contribution in [2.24, 2.45) is 0 Å². The Bertz CT molecular complexity index is 557. The van der Waals surface area contributed by atoms with Gasteiger partial charge in [-0.05, 0) is 32.8 Å². The van der Waals surface area contributed by atoms with Crippen LogP contribution >= 0.6 is 0 Å². The highest BCUT2D eigenvalue weighted by atomic mass is 16.2. The van der Waals surface area contributed by atoms with Crippen molar-refractivity contribution in [2.45, 2.75) is 33.2 Å². The first-order valence-corrected chi connectivity index (χ1v) is 6.65. The molecule has 108 valence electrons. The predicted octanol–water partition coefficient (Wildman–Crippen LogP) is 1.86. The number of rotatable bonds is 5. The normalized spacial score (nSPS) is 10.8. The summed E-state index contributed by atoms with van der Waals surface area (Å²) in [7, 11) is 0. The third-order valence-corrected chi connectivity index (χ3v) is 2.91. The molecular formula is C13H20N6O. The number of nitrogens with zero attached hydrogens (tertiary/aromatic N) is 3. The minimum absolute atomic E-state index is 0.248. The van der Waals surface area contributed by atoms with E-state index in [-0.39, 0.29) is 12.1 Å². The van der Waals surface area contributed by atoms with Crippen molar-refractivity contribution in [1.82, 2.24) is 25.3 Å². The van der Waals surface area contributed by atoms with E-state index in [0.717, 1.165) is 17.7 Å². The van der Waals surface area contributed by atoms with E-state index in [1.165, 1.54) is 0 Å². The zero-order chi connectivity index (χ0) is 14.5. The first kappa shape index (κ1) is 14.1. The number of carbonyl (C=O) groups is 1. The Morgan fingerprint density at radius 2 is 2.30 bits per heavy atom. The summed E-state index contributed by atoms with van der Waals surface area (Å²) < 4.78 is 1.88. The molecule has 3 N–H and O–H groups in total. The smallest absolute Gasteiger partial charge is 0.320 e. The van der Waals surface area contributed by atoms with Crippen molar-refractivity contribution in [3.8, 4) is 0 Å². The SMILES string of the molecule is Cc1cc(NC(=O)NCCc2cn[nH]c2)nn1C(C)C. The summed E-state index contributed by atoms with van der Waals surface area (Å²) in [5, 5.41) is 16.4. The number of aryl methyl sites for hydroxylation is 1. The summed E-state index contributed by atoms with van der Waals surface area (Å²) in [5.41, 5.74) is 2.08. The Balaban J connectivity index is 1.80. The average molecular weight is 276 g/mol. The zero-order valence-corrected chi connectivity index (χ0v) is 12.0. The largest absolute Gasteiger partial charge is 0.337 e. The summed E-state index contributed by atoms with van der Waals surface area (Å²) in [6.45, 7) is 6.62. The van der Waals surface area contributed by atoms with Crippen LogP contribution < -0.4 is 10.6 Å². The first-order valence-electron chi connectivity index (χ1n) is 6.65. The van der Waals surface area contributed by atoms with Crippen molar-refractivity contribution in [3.05, 3.63) is 29.7 Å². The van der Waals surface area contributed by atoms with Crippen LogP contribution in [-0.2, 0) is 6.42 Å². The minimum atomic E-state index is -0.248. The number of carbonyl (C=O) groups excluding carboxylic acids is 1. The lowest BCUT2D eigenvalue weighted by atomic mass is 10.2. The highest BCUT2D eigenvalue weighted by molar-refractivity contribution is 5.88. The van der Waals surface area contributed by atoms with Crippen LogP contribution in [0.25, 0.3) is 0 Å². The molecule has 7 nitrogen and oxygen atoms in total. The number of hydrogen-bond donors (Lipinski definition) is 3. The van der Waals surface area contributed by atoms with Crippen LogP contribution in [0.15, 0.2) is 18.5 Å². The number of H-pyrrole nitrogens is 1. The molecule has 2 rings (SSSR count). The van der Waals surface area contributed by atoms with Crippen LogP contribution in [-0.4, -0.2) is 32.6 Å².